The van der Waals surface area contributed by atoms with Gasteiger partial charge in [0.15, 0.2) is 11.5 Å². The molecule has 2 aliphatic heterocycles. The van der Waals surface area contributed by atoms with Crippen molar-refractivity contribution in [2.75, 3.05) is 27.5 Å². The van der Waals surface area contributed by atoms with Crippen molar-refractivity contribution < 1.29 is 19.0 Å². The third-order valence-corrected chi connectivity index (χ3v) is 4.66. The van der Waals surface area contributed by atoms with Crippen molar-refractivity contribution in [1.82, 2.24) is 20.7 Å². The summed E-state index contributed by atoms with van der Waals surface area (Å²) in [6.07, 6.45) is 3.77. The van der Waals surface area contributed by atoms with Crippen molar-refractivity contribution in [2.24, 2.45) is 0 Å². The summed E-state index contributed by atoms with van der Waals surface area (Å²) in [4.78, 5) is 18.4. The van der Waals surface area contributed by atoms with E-state index >= 15 is 0 Å². The number of likely N-dealkylation sites (N-methyl/N-ethyl adjacent to an activating group) is 1. The normalized spacial score (nSPS) is 18.3. The molecule has 1 amide bonds. The van der Waals surface area contributed by atoms with Gasteiger partial charge in [-0.1, -0.05) is 0 Å². The van der Waals surface area contributed by atoms with Gasteiger partial charge in [0, 0.05) is 30.1 Å². The maximum absolute atomic E-state index is 12.4. The first-order valence-electron chi connectivity index (χ1n) is 8.34. The number of amides is 1. The standard InChI is InChI=1S/C18H20N4O4/c1-22-8-5-12-9-13-15(26-10-25-13)16(24-2)14(12)17(22)20-21-18(23)11-3-6-19-7-4-11/h3-4,6-7,9,17,20H,5,8,10H2,1-2H3,(H,21,23)/t17-/m0/s1. The maximum Gasteiger partial charge on any atom is 0.265 e. The lowest BCUT2D eigenvalue weighted by atomic mass is 9.95. The topological polar surface area (TPSA) is 85.0 Å². The largest absolute Gasteiger partial charge is 0.492 e. The summed E-state index contributed by atoms with van der Waals surface area (Å²) in [6, 6.07) is 5.31. The number of hydrogen-bond donors (Lipinski definition) is 2. The lowest BCUT2D eigenvalue weighted by molar-refractivity contribution is 0.0878. The van der Waals surface area contributed by atoms with Gasteiger partial charge in [0.05, 0.1) is 7.11 Å². The van der Waals surface area contributed by atoms with Crippen LogP contribution in [0.15, 0.2) is 30.6 Å². The average Bonchev–Trinajstić information content (AvgIpc) is 3.14. The lowest BCUT2D eigenvalue weighted by Crippen LogP contribution is -2.48. The Bertz CT molecular complexity index is 828. The Morgan fingerprint density at radius 1 is 1.35 bits per heavy atom. The van der Waals surface area contributed by atoms with E-state index in [9.17, 15) is 4.79 Å². The predicted octanol–water partition coefficient (Wildman–Crippen LogP) is 1.24. The lowest BCUT2D eigenvalue weighted by Gasteiger charge is -2.36. The number of benzene rings is 1. The third-order valence-electron chi connectivity index (χ3n) is 4.66. The van der Waals surface area contributed by atoms with Gasteiger partial charge in [-0.15, -0.1) is 0 Å². The summed E-state index contributed by atoms with van der Waals surface area (Å²) >= 11 is 0. The Hall–Kier alpha value is -2.84. The number of nitrogens with one attached hydrogen (secondary N) is 2. The molecular formula is C18H20N4O4. The van der Waals surface area contributed by atoms with Crippen molar-refractivity contribution in [3.63, 3.8) is 0 Å². The van der Waals surface area contributed by atoms with E-state index in [1.807, 2.05) is 13.1 Å². The van der Waals surface area contributed by atoms with Crippen molar-refractivity contribution in [2.45, 2.75) is 12.6 Å². The van der Waals surface area contributed by atoms with Gasteiger partial charge in [-0.25, -0.2) is 5.43 Å². The molecule has 8 nitrogen and oxygen atoms in total. The molecule has 0 spiro atoms. The van der Waals surface area contributed by atoms with Gasteiger partial charge >= 0.3 is 0 Å². The van der Waals surface area contributed by atoms with Crippen LogP contribution in [-0.4, -0.2) is 43.3 Å². The summed E-state index contributed by atoms with van der Waals surface area (Å²) in [5.41, 5.74) is 8.48. The number of aromatic nitrogens is 1. The van der Waals surface area contributed by atoms with E-state index in [4.69, 9.17) is 14.2 Å². The second-order valence-corrected chi connectivity index (χ2v) is 6.18. The Morgan fingerprint density at radius 3 is 2.92 bits per heavy atom. The number of carbonyl (C=O) groups excluding carboxylic acids is 1. The molecule has 8 heteroatoms. The fraction of sp³-hybridized carbons (Fsp3) is 0.333. The van der Waals surface area contributed by atoms with E-state index in [0.29, 0.717) is 22.8 Å². The van der Waals surface area contributed by atoms with E-state index in [2.05, 4.69) is 20.7 Å². The average molecular weight is 356 g/mol. The summed E-state index contributed by atoms with van der Waals surface area (Å²) in [5.74, 6) is 1.71. The molecule has 0 aliphatic carbocycles. The first-order valence-corrected chi connectivity index (χ1v) is 8.34. The highest BCUT2D eigenvalue weighted by Gasteiger charge is 2.34. The van der Waals surface area contributed by atoms with Crippen LogP contribution in [0.3, 0.4) is 0 Å². The molecule has 136 valence electrons. The van der Waals surface area contributed by atoms with Gasteiger partial charge in [-0.2, -0.15) is 0 Å². The van der Waals surface area contributed by atoms with Crippen molar-refractivity contribution in [3.8, 4) is 17.2 Å². The molecule has 3 heterocycles. The minimum Gasteiger partial charge on any atom is -0.492 e. The molecule has 1 atom stereocenters. The van der Waals surface area contributed by atoms with Crippen molar-refractivity contribution in [3.05, 3.63) is 47.3 Å². The van der Waals surface area contributed by atoms with Gasteiger partial charge in [-0.3, -0.25) is 20.1 Å². The highest BCUT2D eigenvalue weighted by molar-refractivity contribution is 5.93. The van der Waals surface area contributed by atoms with Crippen LogP contribution in [0.2, 0.25) is 0 Å². The van der Waals surface area contributed by atoms with Gasteiger partial charge in [-0.05, 0) is 37.2 Å². The Labute approximate surface area is 151 Å². The molecule has 0 bridgehead atoms. The van der Waals surface area contributed by atoms with Crippen LogP contribution in [0.25, 0.3) is 0 Å². The van der Waals surface area contributed by atoms with E-state index < -0.39 is 0 Å². The van der Waals surface area contributed by atoms with Crippen LogP contribution in [-0.2, 0) is 6.42 Å². The number of pyridine rings is 1. The zero-order valence-corrected chi connectivity index (χ0v) is 14.6. The summed E-state index contributed by atoms with van der Waals surface area (Å²) in [5, 5.41) is 0. The molecule has 0 unspecified atom stereocenters. The quantitative estimate of drug-likeness (QED) is 0.797. The first kappa shape index (κ1) is 16.6. The smallest absolute Gasteiger partial charge is 0.265 e. The fourth-order valence-corrected chi connectivity index (χ4v) is 3.32. The molecule has 2 N–H and O–H groups in total. The van der Waals surface area contributed by atoms with Crippen LogP contribution in [0, 0.1) is 0 Å². The van der Waals surface area contributed by atoms with Crippen LogP contribution in [0.1, 0.15) is 27.7 Å². The number of methoxy groups -OCH3 is 1. The second kappa shape index (κ2) is 6.81. The minimum atomic E-state index is -0.256. The Morgan fingerprint density at radius 2 is 2.15 bits per heavy atom. The predicted molar refractivity (Wildman–Crippen MR) is 93.0 cm³/mol. The van der Waals surface area contributed by atoms with E-state index in [0.717, 1.165) is 24.1 Å². The molecule has 1 aromatic heterocycles. The molecule has 0 fully saturated rings. The molecule has 0 saturated heterocycles. The highest BCUT2D eigenvalue weighted by atomic mass is 16.7. The molecule has 0 saturated carbocycles. The molecular weight excluding hydrogens is 336 g/mol. The summed E-state index contributed by atoms with van der Waals surface area (Å²) in [6.45, 7) is 1.01. The SMILES string of the molecule is COc1c2c(cc3c1[C@@H](NNC(=O)c1ccncc1)N(C)CC3)OCO2. The Kier molecular flexibility index (Phi) is 4.36. The van der Waals surface area contributed by atoms with E-state index in [-0.39, 0.29) is 18.9 Å². The highest BCUT2D eigenvalue weighted by Crippen LogP contribution is 2.48. The summed E-state index contributed by atoms with van der Waals surface area (Å²) in [7, 11) is 3.60. The summed E-state index contributed by atoms with van der Waals surface area (Å²) < 4.78 is 16.7. The third kappa shape index (κ3) is 2.83. The number of fused-ring (bicyclic) bond motifs is 2. The number of carbonyl (C=O) groups is 1. The van der Waals surface area contributed by atoms with Gasteiger partial charge in [0.1, 0.15) is 6.17 Å². The molecule has 2 aliphatic rings. The fourth-order valence-electron chi connectivity index (χ4n) is 3.32. The zero-order valence-electron chi connectivity index (χ0n) is 14.6. The zero-order chi connectivity index (χ0) is 18.1. The molecule has 1 aromatic carbocycles. The van der Waals surface area contributed by atoms with Crippen LogP contribution < -0.4 is 25.1 Å². The van der Waals surface area contributed by atoms with Crippen molar-refractivity contribution in [1.29, 1.82) is 0 Å². The van der Waals surface area contributed by atoms with Crippen LogP contribution in [0.4, 0.5) is 0 Å². The maximum atomic E-state index is 12.4. The molecule has 2 aromatic rings. The second-order valence-electron chi connectivity index (χ2n) is 6.18. The van der Waals surface area contributed by atoms with Crippen LogP contribution >= 0.6 is 0 Å². The molecule has 0 radical (unpaired) electrons. The van der Waals surface area contributed by atoms with Gasteiger partial charge in [0.2, 0.25) is 12.5 Å². The number of nitrogens with zero attached hydrogens (tertiary/aromatic N) is 2. The Balaban J connectivity index is 1.63. The number of hydrogen-bond acceptors (Lipinski definition) is 7. The van der Waals surface area contributed by atoms with Crippen molar-refractivity contribution >= 4 is 5.91 Å². The number of hydrazine groups is 1. The number of rotatable bonds is 4. The molecule has 4 rings (SSSR count). The van der Waals surface area contributed by atoms with Gasteiger partial charge in [0.25, 0.3) is 5.91 Å². The molecule has 26 heavy (non-hydrogen) atoms. The van der Waals surface area contributed by atoms with Crippen LogP contribution in [0.5, 0.6) is 17.2 Å². The number of ether oxygens (including phenoxy) is 3. The van der Waals surface area contributed by atoms with E-state index in [1.54, 1.807) is 31.6 Å². The minimum absolute atomic E-state index is 0.182. The first-order chi connectivity index (χ1) is 12.7. The monoisotopic (exact) mass is 356 g/mol. The van der Waals surface area contributed by atoms with Gasteiger partial charge < -0.3 is 14.2 Å². The van der Waals surface area contributed by atoms with E-state index in [1.165, 1.54) is 0 Å².